The van der Waals surface area contributed by atoms with Crippen molar-refractivity contribution in [2.75, 3.05) is 18.5 Å². The predicted molar refractivity (Wildman–Crippen MR) is 85.4 cm³/mol. The van der Waals surface area contributed by atoms with E-state index in [4.69, 9.17) is 0 Å². The lowest BCUT2D eigenvalue weighted by Gasteiger charge is -2.20. The second-order valence-corrected chi connectivity index (χ2v) is 7.60. The zero-order valence-electron chi connectivity index (χ0n) is 11.2. The molecule has 0 spiro atoms. The average molecular weight is 390 g/mol. The molecule has 1 aromatic heterocycles. The first kappa shape index (κ1) is 16.0. The van der Waals surface area contributed by atoms with Gasteiger partial charge in [0, 0.05) is 17.8 Å². The molecule has 2 rings (SSSR count). The van der Waals surface area contributed by atoms with E-state index in [9.17, 15) is 13.2 Å². The molecule has 0 bridgehead atoms. The highest BCUT2D eigenvalue weighted by Crippen LogP contribution is 2.33. The number of nitrogens with zero attached hydrogens (tertiary/aromatic N) is 1. The number of anilines is 1. The van der Waals surface area contributed by atoms with Crippen LogP contribution in [0.3, 0.4) is 0 Å². The summed E-state index contributed by atoms with van der Waals surface area (Å²) in [4.78, 5) is 11.7. The smallest absolute Gasteiger partial charge is 0.339 e. The first-order valence-electron chi connectivity index (χ1n) is 5.77. The second-order valence-electron chi connectivity index (χ2n) is 4.07. The van der Waals surface area contributed by atoms with Gasteiger partial charge in [-0.1, -0.05) is 12.1 Å². The van der Waals surface area contributed by atoms with Gasteiger partial charge in [0.15, 0.2) is 0 Å². The number of ether oxygens (including phenoxy) is 1. The molecule has 2 aromatic rings. The number of hydrogen-bond acceptors (Lipinski definition) is 5. The fourth-order valence-corrected chi connectivity index (χ4v) is 4.89. The average Bonchev–Trinajstić information content (AvgIpc) is 2.91. The lowest BCUT2D eigenvalue weighted by Crippen LogP contribution is -2.28. The Balaban J connectivity index is 2.55. The highest BCUT2D eigenvalue weighted by molar-refractivity contribution is 9.10. The largest absolute Gasteiger partial charge is 0.465 e. The maximum atomic E-state index is 12.7. The SMILES string of the molecule is COC(=O)c1ccccc1S(=O)(=O)N(C)c1cscc1Br. The molecule has 0 fully saturated rings. The molecule has 21 heavy (non-hydrogen) atoms. The van der Waals surface area contributed by atoms with Gasteiger partial charge in [0.2, 0.25) is 0 Å². The van der Waals surface area contributed by atoms with Crippen molar-refractivity contribution in [2.45, 2.75) is 4.90 Å². The number of carbonyl (C=O) groups is 1. The van der Waals surface area contributed by atoms with Crippen molar-refractivity contribution >= 4 is 48.9 Å². The van der Waals surface area contributed by atoms with Crippen molar-refractivity contribution in [1.82, 2.24) is 0 Å². The van der Waals surface area contributed by atoms with E-state index >= 15 is 0 Å². The summed E-state index contributed by atoms with van der Waals surface area (Å²) in [5, 5.41) is 3.50. The number of methoxy groups -OCH3 is 1. The Morgan fingerprint density at radius 2 is 1.95 bits per heavy atom. The molecule has 0 amide bonds. The zero-order chi connectivity index (χ0) is 15.6. The summed E-state index contributed by atoms with van der Waals surface area (Å²) in [5.74, 6) is -0.688. The van der Waals surface area contributed by atoms with Crippen LogP contribution in [-0.4, -0.2) is 28.5 Å². The highest BCUT2D eigenvalue weighted by atomic mass is 79.9. The van der Waals surface area contributed by atoms with Crippen LogP contribution in [-0.2, 0) is 14.8 Å². The molecule has 1 heterocycles. The van der Waals surface area contributed by atoms with Crippen molar-refractivity contribution < 1.29 is 17.9 Å². The summed E-state index contributed by atoms with van der Waals surface area (Å²) in [6.45, 7) is 0. The first-order valence-corrected chi connectivity index (χ1v) is 8.95. The summed E-state index contributed by atoms with van der Waals surface area (Å²) in [7, 11) is -1.21. The van der Waals surface area contributed by atoms with Crippen LogP contribution < -0.4 is 4.31 Å². The van der Waals surface area contributed by atoms with Crippen LogP contribution in [0.15, 0.2) is 44.4 Å². The lowest BCUT2D eigenvalue weighted by atomic mass is 10.2. The lowest BCUT2D eigenvalue weighted by molar-refractivity contribution is 0.0596. The molecule has 0 N–H and O–H groups in total. The summed E-state index contributed by atoms with van der Waals surface area (Å²) in [5.41, 5.74) is 0.526. The van der Waals surface area contributed by atoms with E-state index in [1.165, 1.54) is 37.6 Å². The Morgan fingerprint density at radius 3 is 2.52 bits per heavy atom. The number of thiophene rings is 1. The number of hydrogen-bond donors (Lipinski definition) is 0. The maximum Gasteiger partial charge on any atom is 0.339 e. The molecule has 0 saturated carbocycles. The molecule has 1 aromatic carbocycles. The maximum absolute atomic E-state index is 12.7. The van der Waals surface area contributed by atoms with Gasteiger partial charge in [-0.05, 0) is 28.1 Å². The number of sulfonamides is 1. The van der Waals surface area contributed by atoms with Crippen LogP contribution in [0.25, 0.3) is 0 Å². The molecule has 0 atom stereocenters. The van der Waals surface area contributed by atoms with E-state index in [0.717, 1.165) is 4.31 Å². The van der Waals surface area contributed by atoms with Gasteiger partial charge in [0.05, 0.1) is 22.8 Å². The van der Waals surface area contributed by atoms with Gasteiger partial charge < -0.3 is 4.74 Å². The monoisotopic (exact) mass is 389 g/mol. The van der Waals surface area contributed by atoms with E-state index in [1.54, 1.807) is 22.9 Å². The van der Waals surface area contributed by atoms with Crippen LogP contribution in [0.4, 0.5) is 5.69 Å². The third kappa shape index (κ3) is 2.97. The van der Waals surface area contributed by atoms with Gasteiger partial charge in [0.1, 0.15) is 4.90 Å². The molecule has 5 nitrogen and oxygen atoms in total. The van der Waals surface area contributed by atoms with E-state index in [-0.39, 0.29) is 10.5 Å². The van der Waals surface area contributed by atoms with E-state index in [0.29, 0.717) is 10.2 Å². The van der Waals surface area contributed by atoms with Gasteiger partial charge in [-0.2, -0.15) is 0 Å². The highest BCUT2D eigenvalue weighted by Gasteiger charge is 2.28. The van der Waals surface area contributed by atoms with E-state index < -0.39 is 16.0 Å². The minimum atomic E-state index is -3.86. The van der Waals surface area contributed by atoms with Gasteiger partial charge in [-0.15, -0.1) is 11.3 Å². The molecule has 8 heteroatoms. The number of carbonyl (C=O) groups excluding carboxylic acids is 1. The number of benzene rings is 1. The van der Waals surface area contributed by atoms with E-state index in [2.05, 4.69) is 20.7 Å². The minimum Gasteiger partial charge on any atom is -0.465 e. The quantitative estimate of drug-likeness (QED) is 0.753. The predicted octanol–water partition coefficient (Wildman–Crippen LogP) is 3.12. The number of rotatable bonds is 4. The second kappa shape index (κ2) is 6.17. The van der Waals surface area contributed by atoms with E-state index in [1.807, 2.05) is 0 Å². The summed E-state index contributed by atoms with van der Waals surface area (Å²) in [6, 6.07) is 5.97. The van der Waals surface area contributed by atoms with Crippen molar-refractivity contribution in [3.05, 3.63) is 45.1 Å². The molecule has 112 valence electrons. The van der Waals surface area contributed by atoms with Crippen LogP contribution in [0.2, 0.25) is 0 Å². The summed E-state index contributed by atoms with van der Waals surface area (Å²) >= 11 is 4.68. The normalized spacial score (nSPS) is 11.2. The fourth-order valence-electron chi connectivity index (χ4n) is 1.75. The van der Waals surface area contributed by atoms with Crippen molar-refractivity contribution in [3.8, 4) is 0 Å². The Kier molecular flexibility index (Phi) is 4.70. The van der Waals surface area contributed by atoms with Crippen LogP contribution in [0.1, 0.15) is 10.4 Å². The van der Waals surface area contributed by atoms with Crippen molar-refractivity contribution in [2.24, 2.45) is 0 Å². The van der Waals surface area contributed by atoms with Crippen LogP contribution >= 0.6 is 27.3 Å². The molecule has 0 aliphatic heterocycles. The van der Waals surface area contributed by atoms with Crippen LogP contribution in [0.5, 0.6) is 0 Å². The number of esters is 1. The number of halogens is 1. The molecule has 0 saturated heterocycles. The molecular weight excluding hydrogens is 378 g/mol. The fraction of sp³-hybridized carbons (Fsp3) is 0.154. The molecule has 0 unspecified atom stereocenters. The summed E-state index contributed by atoms with van der Waals surface area (Å²) in [6.07, 6.45) is 0. The molecule has 0 aliphatic carbocycles. The van der Waals surface area contributed by atoms with Gasteiger partial charge in [-0.25, -0.2) is 13.2 Å². The van der Waals surface area contributed by atoms with Crippen LogP contribution in [0, 0.1) is 0 Å². The standard InChI is InChI=1S/C13H12BrNO4S2/c1-15(11-8-20-7-10(11)14)21(17,18)12-6-4-3-5-9(12)13(16)19-2/h3-8H,1-2H3. The first-order chi connectivity index (χ1) is 9.89. The van der Waals surface area contributed by atoms with Crippen molar-refractivity contribution in [3.63, 3.8) is 0 Å². The van der Waals surface area contributed by atoms with Gasteiger partial charge in [-0.3, -0.25) is 4.31 Å². The molecular formula is C13H12BrNO4S2. The minimum absolute atomic E-state index is 0.0122. The molecule has 0 aliphatic rings. The third-order valence-corrected chi connectivity index (χ3v) is 6.36. The van der Waals surface area contributed by atoms with Gasteiger partial charge in [0.25, 0.3) is 10.0 Å². The zero-order valence-corrected chi connectivity index (χ0v) is 14.5. The Labute approximate surface area is 135 Å². The topological polar surface area (TPSA) is 63.7 Å². The van der Waals surface area contributed by atoms with Crippen molar-refractivity contribution in [1.29, 1.82) is 0 Å². The Hall–Kier alpha value is -1.38. The van der Waals surface area contributed by atoms with Gasteiger partial charge >= 0.3 is 5.97 Å². The summed E-state index contributed by atoms with van der Waals surface area (Å²) < 4.78 is 31.9. The Morgan fingerprint density at radius 1 is 1.29 bits per heavy atom. The third-order valence-electron chi connectivity index (χ3n) is 2.87. The molecule has 0 radical (unpaired) electrons. The Bertz CT molecular complexity index is 770.